The van der Waals surface area contributed by atoms with Gasteiger partial charge in [0.15, 0.2) is 0 Å². The maximum atomic E-state index is 12.4. The van der Waals surface area contributed by atoms with E-state index < -0.39 is 5.91 Å². The first-order valence-electron chi connectivity index (χ1n) is 8.18. The summed E-state index contributed by atoms with van der Waals surface area (Å²) in [5.74, 6) is -0.427. The molecule has 0 saturated carbocycles. The van der Waals surface area contributed by atoms with E-state index in [1.165, 1.54) is 34.3 Å². The van der Waals surface area contributed by atoms with Crippen molar-refractivity contribution < 1.29 is 9.59 Å². The number of amides is 2. The lowest BCUT2D eigenvalue weighted by molar-refractivity contribution is -0.113. The number of primary amides is 1. The first kappa shape index (κ1) is 17.4. The molecule has 3 N–H and O–H groups in total. The molecule has 1 aliphatic rings. The average molecular weight is 405 g/mol. The van der Waals surface area contributed by atoms with Crippen molar-refractivity contribution in [1.29, 1.82) is 0 Å². The fraction of sp³-hybridized carbons (Fsp3) is 0.294. The number of nitrogens with two attached hydrogens (primary N) is 1. The molecule has 4 rings (SSSR count). The normalized spacial score (nSPS) is 13.5. The zero-order valence-corrected chi connectivity index (χ0v) is 16.2. The summed E-state index contributed by atoms with van der Waals surface area (Å²) in [4.78, 5) is 34.9. The maximum Gasteiger partial charge on any atom is 0.251 e. The molecular formula is C17H16N4O2S3. The average Bonchev–Trinajstić information content (AvgIpc) is 3.23. The van der Waals surface area contributed by atoms with Crippen molar-refractivity contribution in [2.45, 2.75) is 30.7 Å². The first-order chi connectivity index (χ1) is 12.6. The van der Waals surface area contributed by atoms with Crippen LogP contribution in [0.1, 0.15) is 33.6 Å². The van der Waals surface area contributed by atoms with Crippen LogP contribution in [0, 0.1) is 0 Å². The van der Waals surface area contributed by atoms with E-state index in [9.17, 15) is 9.59 Å². The van der Waals surface area contributed by atoms with Gasteiger partial charge < -0.3 is 11.1 Å². The fourth-order valence-corrected chi connectivity index (χ4v) is 5.98. The van der Waals surface area contributed by atoms with Crippen molar-refractivity contribution in [2.24, 2.45) is 5.73 Å². The van der Waals surface area contributed by atoms with Gasteiger partial charge in [-0.3, -0.25) is 9.59 Å². The highest BCUT2D eigenvalue weighted by molar-refractivity contribution is 8.00. The van der Waals surface area contributed by atoms with Crippen molar-refractivity contribution in [3.8, 4) is 0 Å². The molecule has 0 saturated heterocycles. The number of anilines is 1. The predicted molar refractivity (Wildman–Crippen MR) is 106 cm³/mol. The minimum atomic E-state index is -0.469. The highest BCUT2D eigenvalue weighted by Crippen LogP contribution is 2.38. The molecule has 2 amide bonds. The smallest absolute Gasteiger partial charge is 0.251 e. The molecule has 3 aromatic heterocycles. The molecule has 9 heteroatoms. The van der Waals surface area contributed by atoms with Crippen LogP contribution in [0.25, 0.3) is 10.2 Å². The highest BCUT2D eigenvalue weighted by Gasteiger charge is 2.25. The number of hydrogen-bond acceptors (Lipinski definition) is 7. The summed E-state index contributed by atoms with van der Waals surface area (Å²) in [6.07, 6.45) is 5.47. The Hall–Kier alpha value is -1.97. The Balaban J connectivity index is 1.49. The summed E-state index contributed by atoms with van der Waals surface area (Å²) in [7, 11) is 0. The van der Waals surface area contributed by atoms with Gasteiger partial charge in [-0.25, -0.2) is 9.97 Å². The van der Waals surface area contributed by atoms with E-state index in [4.69, 9.17) is 5.73 Å². The number of rotatable bonds is 5. The second kappa shape index (κ2) is 7.34. The third-order valence-electron chi connectivity index (χ3n) is 4.24. The minimum Gasteiger partial charge on any atom is -0.365 e. The molecule has 3 heterocycles. The van der Waals surface area contributed by atoms with Gasteiger partial charge in [0, 0.05) is 10.3 Å². The van der Waals surface area contributed by atoms with Crippen LogP contribution in [0.2, 0.25) is 0 Å². The molecule has 0 aliphatic heterocycles. The molecule has 26 heavy (non-hydrogen) atoms. The number of thioether (sulfide) groups is 1. The molecule has 0 unspecified atom stereocenters. The van der Waals surface area contributed by atoms with Crippen LogP contribution < -0.4 is 11.1 Å². The third kappa shape index (κ3) is 3.34. The summed E-state index contributed by atoms with van der Waals surface area (Å²) >= 11 is 4.39. The number of thiophene rings is 2. The Kier molecular flexibility index (Phi) is 4.92. The van der Waals surface area contributed by atoms with Gasteiger partial charge in [-0.05, 0) is 42.7 Å². The molecule has 0 bridgehead atoms. The highest BCUT2D eigenvalue weighted by atomic mass is 32.2. The summed E-state index contributed by atoms with van der Waals surface area (Å²) in [6, 6.07) is 1.96. The van der Waals surface area contributed by atoms with E-state index in [2.05, 4.69) is 15.3 Å². The SMILES string of the molecule is NC(=O)c1c(NC(=O)CSc2ncnc3sccc23)sc2c1CCCC2. The fourth-order valence-electron chi connectivity index (χ4n) is 3.09. The molecule has 0 spiro atoms. The Morgan fingerprint density at radius 2 is 2.12 bits per heavy atom. The lowest BCUT2D eigenvalue weighted by atomic mass is 9.95. The molecule has 0 atom stereocenters. The van der Waals surface area contributed by atoms with E-state index in [1.54, 1.807) is 11.3 Å². The Labute approximate surface area is 162 Å². The number of hydrogen-bond donors (Lipinski definition) is 2. The van der Waals surface area contributed by atoms with Gasteiger partial charge >= 0.3 is 0 Å². The summed E-state index contributed by atoms with van der Waals surface area (Å²) in [5.41, 5.74) is 7.08. The molecule has 6 nitrogen and oxygen atoms in total. The monoisotopic (exact) mass is 404 g/mol. The van der Waals surface area contributed by atoms with Crippen LogP contribution in [-0.4, -0.2) is 27.5 Å². The second-order valence-electron chi connectivity index (χ2n) is 5.93. The summed E-state index contributed by atoms with van der Waals surface area (Å²) in [5, 5.41) is 7.16. The van der Waals surface area contributed by atoms with Gasteiger partial charge in [0.1, 0.15) is 21.2 Å². The van der Waals surface area contributed by atoms with E-state index in [1.807, 2.05) is 11.4 Å². The van der Waals surface area contributed by atoms with Gasteiger partial charge in [0.2, 0.25) is 5.91 Å². The quantitative estimate of drug-likeness (QED) is 0.501. The van der Waals surface area contributed by atoms with Crippen LogP contribution in [0.15, 0.2) is 22.8 Å². The zero-order valence-electron chi connectivity index (χ0n) is 13.8. The summed E-state index contributed by atoms with van der Waals surface area (Å²) < 4.78 is 0. The van der Waals surface area contributed by atoms with Crippen molar-refractivity contribution >= 4 is 61.5 Å². The van der Waals surface area contributed by atoms with Crippen molar-refractivity contribution in [3.05, 3.63) is 33.8 Å². The molecule has 0 fully saturated rings. The van der Waals surface area contributed by atoms with Crippen LogP contribution in [0.5, 0.6) is 0 Å². The number of carbonyl (C=O) groups is 2. The minimum absolute atomic E-state index is 0.168. The van der Waals surface area contributed by atoms with Gasteiger partial charge in [-0.1, -0.05) is 11.8 Å². The van der Waals surface area contributed by atoms with Crippen LogP contribution >= 0.6 is 34.4 Å². The van der Waals surface area contributed by atoms with E-state index >= 15 is 0 Å². The Bertz CT molecular complexity index is 995. The number of fused-ring (bicyclic) bond motifs is 2. The topological polar surface area (TPSA) is 98.0 Å². The van der Waals surface area contributed by atoms with Gasteiger partial charge in [-0.15, -0.1) is 22.7 Å². The largest absolute Gasteiger partial charge is 0.365 e. The van der Waals surface area contributed by atoms with Gasteiger partial charge in [0.25, 0.3) is 5.91 Å². The molecule has 134 valence electrons. The number of aryl methyl sites for hydroxylation is 1. The molecule has 0 radical (unpaired) electrons. The lowest BCUT2D eigenvalue weighted by Gasteiger charge is -2.11. The van der Waals surface area contributed by atoms with Gasteiger partial charge in [-0.2, -0.15) is 0 Å². The number of aromatic nitrogens is 2. The molecule has 0 aromatic carbocycles. The Morgan fingerprint density at radius 1 is 1.27 bits per heavy atom. The molecule has 1 aliphatic carbocycles. The molecular weight excluding hydrogens is 388 g/mol. The zero-order chi connectivity index (χ0) is 18.1. The number of nitrogens with one attached hydrogen (secondary N) is 1. The third-order valence-corrected chi connectivity index (χ3v) is 7.27. The van der Waals surface area contributed by atoms with Gasteiger partial charge in [0.05, 0.1) is 11.3 Å². The second-order valence-corrected chi connectivity index (χ2v) is 8.90. The molecule has 3 aromatic rings. The van der Waals surface area contributed by atoms with Crippen molar-refractivity contribution in [3.63, 3.8) is 0 Å². The predicted octanol–water partition coefficient (Wildman–Crippen LogP) is 3.46. The van der Waals surface area contributed by atoms with Crippen molar-refractivity contribution in [1.82, 2.24) is 9.97 Å². The number of nitrogens with zero attached hydrogens (tertiary/aromatic N) is 2. The van der Waals surface area contributed by atoms with Crippen LogP contribution in [-0.2, 0) is 17.6 Å². The van der Waals surface area contributed by atoms with Crippen molar-refractivity contribution in [2.75, 3.05) is 11.1 Å². The van der Waals surface area contributed by atoms with Crippen LogP contribution in [0.4, 0.5) is 5.00 Å². The first-order valence-corrected chi connectivity index (χ1v) is 10.9. The summed E-state index contributed by atoms with van der Waals surface area (Å²) in [6.45, 7) is 0. The van der Waals surface area contributed by atoms with Crippen LogP contribution in [0.3, 0.4) is 0 Å². The maximum absolute atomic E-state index is 12.4. The Morgan fingerprint density at radius 3 is 2.96 bits per heavy atom. The number of carbonyl (C=O) groups excluding carboxylic acids is 2. The van der Waals surface area contributed by atoms with E-state index in [-0.39, 0.29) is 11.7 Å². The van der Waals surface area contributed by atoms with E-state index in [0.717, 1.165) is 46.5 Å². The van der Waals surface area contributed by atoms with E-state index in [0.29, 0.717) is 10.6 Å². The standard InChI is InChI=1S/C17H16N4O2S3/c18-14(23)13-9-3-1-2-4-11(9)26-17(13)21-12(22)7-25-16-10-5-6-24-15(10)19-8-20-16/h5-6,8H,1-4,7H2,(H2,18,23)(H,21,22). The lowest BCUT2D eigenvalue weighted by Crippen LogP contribution is -2.19.